The number of hydrogen-bond donors (Lipinski definition) is 2. The monoisotopic (exact) mass is 1040 g/mol. The van der Waals surface area contributed by atoms with Crippen molar-refractivity contribution in [1.29, 1.82) is 0 Å². The molecule has 1 aliphatic rings. The molecule has 6 heteroatoms. The minimum atomic E-state index is -1.12. The highest BCUT2D eigenvalue weighted by Crippen LogP contribution is 2.25. The maximum atomic E-state index is 12.6. The van der Waals surface area contributed by atoms with Crippen molar-refractivity contribution in [2.24, 2.45) is 11.3 Å². The SMILES string of the molecule is CCCCCCCCCCC/C=C/CCCCCCCCCCCCCCCCCCCCCCCCCCCCCCCCCCCCCCCCCCCCCCC1CC(=O)OCC(CO)(CO)COC1=O. The van der Waals surface area contributed by atoms with Gasteiger partial charge in [0.25, 0.3) is 0 Å². The van der Waals surface area contributed by atoms with Gasteiger partial charge in [-0.05, 0) is 32.1 Å². The lowest BCUT2D eigenvalue weighted by Gasteiger charge is -2.27. The quantitative estimate of drug-likeness (QED) is 0.0358. The average molecular weight is 1040 g/mol. The van der Waals surface area contributed by atoms with E-state index in [-0.39, 0.29) is 19.6 Å². The van der Waals surface area contributed by atoms with Crippen molar-refractivity contribution in [2.45, 2.75) is 373 Å². The molecular weight excluding hydrogens is 913 g/mol. The first-order chi connectivity index (χ1) is 36.6. The number of carbonyl (C=O) groups is 2. The number of unbranched alkanes of at least 4 members (excludes halogenated alkanes) is 53. The lowest BCUT2D eigenvalue weighted by atomic mass is 9.92. The van der Waals surface area contributed by atoms with Crippen molar-refractivity contribution in [3.8, 4) is 0 Å². The highest BCUT2D eigenvalue weighted by atomic mass is 16.6. The van der Waals surface area contributed by atoms with Gasteiger partial charge >= 0.3 is 11.9 Å². The van der Waals surface area contributed by atoms with Crippen LogP contribution in [0.2, 0.25) is 0 Å². The summed E-state index contributed by atoms with van der Waals surface area (Å²) in [6.45, 7) is 1.21. The highest BCUT2D eigenvalue weighted by molar-refractivity contribution is 5.80. The van der Waals surface area contributed by atoms with Gasteiger partial charge in [0.05, 0.1) is 31.0 Å². The van der Waals surface area contributed by atoms with Crippen LogP contribution >= 0.6 is 0 Å². The topological polar surface area (TPSA) is 93.1 Å². The van der Waals surface area contributed by atoms with Gasteiger partial charge in [-0.15, -0.1) is 0 Å². The van der Waals surface area contributed by atoms with Crippen molar-refractivity contribution in [1.82, 2.24) is 0 Å². The summed E-state index contributed by atoms with van der Waals surface area (Å²) in [4.78, 5) is 24.8. The summed E-state index contributed by atoms with van der Waals surface area (Å²) in [5.41, 5.74) is -1.12. The van der Waals surface area contributed by atoms with Crippen LogP contribution in [-0.2, 0) is 19.1 Å². The van der Waals surface area contributed by atoms with Crippen molar-refractivity contribution in [3.05, 3.63) is 12.2 Å². The fourth-order valence-corrected chi connectivity index (χ4v) is 11.3. The molecule has 1 unspecified atom stereocenters. The van der Waals surface area contributed by atoms with Crippen LogP contribution in [-0.4, -0.2) is 48.6 Å². The summed E-state index contributed by atoms with van der Waals surface area (Å²) < 4.78 is 10.6. The Kier molecular flexibility index (Phi) is 55.1. The third-order valence-corrected chi connectivity index (χ3v) is 16.8. The maximum absolute atomic E-state index is 12.6. The lowest BCUT2D eigenvalue weighted by Crippen LogP contribution is -2.40. The standard InChI is InChI=1S/C68H130O6/c1-2-3-4-5-6-7-8-9-10-11-12-13-14-15-16-17-18-19-20-21-22-23-24-25-26-27-28-29-30-31-32-33-34-35-36-37-38-39-40-41-42-43-44-45-46-47-48-49-50-51-52-53-54-55-56-57-58-59-65-60-66(71)73-63-68(61-69,62-70)64-74-67(65)72/h12-13,65,69-70H,2-11,14-64H2,1H3/b13-12+. The highest BCUT2D eigenvalue weighted by Gasteiger charge is 2.36. The second kappa shape index (κ2) is 57.8. The van der Waals surface area contributed by atoms with Gasteiger partial charge in [0.2, 0.25) is 0 Å². The molecule has 74 heavy (non-hydrogen) atoms. The summed E-state index contributed by atoms with van der Waals surface area (Å²) in [5.74, 6) is -1.40. The second-order valence-corrected chi connectivity index (χ2v) is 24.2. The van der Waals surface area contributed by atoms with E-state index >= 15 is 0 Å². The summed E-state index contributed by atoms with van der Waals surface area (Å²) in [6, 6.07) is 0. The van der Waals surface area contributed by atoms with Gasteiger partial charge in [0.15, 0.2) is 0 Å². The molecule has 0 saturated carbocycles. The molecule has 1 fully saturated rings. The van der Waals surface area contributed by atoms with Gasteiger partial charge in [-0.25, -0.2) is 0 Å². The molecule has 1 atom stereocenters. The minimum Gasteiger partial charge on any atom is -0.465 e. The molecule has 0 aromatic carbocycles. The number of hydrogen-bond acceptors (Lipinski definition) is 6. The van der Waals surface area contributed by atoms with Crippen molar-refractivity contribution in [3.63, 3.8) is 0 Å². The first-order valence-electron chi connectivity index (χ1n) is 33.8. The zero-order valence-corrected chi connectivity index (χ0v) is 49.9. The molecule has 438 valence electrons. The van der Waals surface area contributed by atoms with Crippen LogP contribution in [0.1, 0.15) is 373 Å². The summed E-state index contributed by atoms with van der Waals surface area (Å²) in [5, 5.41) is 19.2. The van der Waals surface area contributed by atoms with Crippen LogP contribution < -0.4 is 0 Å². The van der Waals surface area contributed by atoms with E-state index in [2.05, 4.69) is 19.1 Å². The Labute approximate surface area is 462 Å². The number of rotatable bonds is 59. The van der Waals surface area contributed by atoms with Crippen LogP contribution in [0, 0.1) is 11.3 Å². The third-order valence-electron chi connectivity index (χ3n) is 16.8. The van der Waals surface area contributed by atoms with E-state index < -0.39 is 36.5 Å². The third kappa shape index (κ3) is 48.9. The first-order valence-corrected chi connectivity index (χ1v) is 33.8. The number of carbonyl (C=O) groups excluding carboxylic acids is 2. The fourth-order valence-electron chi connectivity index (χ4n) is 11.3. The average Bonchev–Trinajstić information content (AvgIpc) is 3.47. The Morgan fingerprint density at radius 2 is 0.581 bits per heavy atom. The van der Waals surface area contributed by atoms with Crippen LogP contribution in [0.25, 0.3) is 0 Å². The second-order valence-electron chi connectivity index (χ2n) is 24.2. The van der Waals surface area contributed by atoms with E-state index in [1.165, 1.54) is 334 Å². The molecule has 0 spiro atoms. The van der Waals surface area contributed by atoms with Gasteiger partial charge in [-0.2, -0.15) is 0 Å². The molecule has 0 radical (unpaired) electrons. The first kappa shape index (κ1) is 70.6. The summed E-state index contributed by atoms with van der Waals surface area (Å²) >= 11 is 0. The number of ether oxygens (including phenoxy) is 2. The van der Waals surface area contributed by atoms with Gasteiger partial charge in [-0.1, -0.05) is 347 Å². The molecule has 0 aromatic rings. The normalized spacial score (nSPS) is 15.1. The molecule has 1 aliphatic heterocycles. The van der Waals surface area contributed by atoms with Gasteiger partial charge in [0.1, 0.15) is 13.2 Å². The number of aliphatic hydroxyl groups excluding tert-OH is 2. The van der Waals surface area contributed by atoms with Crippen LogP contribution in [0.15, 0.2) is 12.2 Å². The van der Waals surface area contributed by atoms with Crippen molar-refractivity contribution < 1.29 is 29.3 Å². The zero-order valence-electron chi connectivity index (χ0n) is 49.9. The summed E-state index contributed by atoms with van der Waals surface area (Å²) in [6.07, 6.45) is 83.1. The van der Waals surface area contributed by atoms with Crippen LogP contribution in [0.4, 0.5) is 0 Å². The Morgan fingerprint density at radius 3 is 0.838 bits per heavy atom. The van der Waals surface area contributed by atoms with E-state index in [4.69, 9.17) is 9.47 Å². The number of allylic oxidation sites excluding steroid dienone is 2. The smallest absolute Gasteiger partial charge is 0.309 e. The molecule has 0 amide bonds. The van der Waals surface area contributed by atoms with E-state index in [9.17, 15) is 19.8 Å². The van der Waals surface area contributed by atoms with Crippen molar-refractivity contribution >= 4 is 11.9 Å². The number of aliphatic hydroxyl groups is 2. The summed E-state index contributed by atoms with van der Waals surface area (Å²) in [7, 11) is 0. The van der Waals surface area contributed by atoms with Gasteiger partial charge < -0.3 is 19.7 Å². The molecule has 2 N–H and O–H groups in total. The van der Waals surface area contributed by atoms with E-state index in [1.54, 1.807) is 0 Å². The number of cyclic esters (lactones) is 2. The van der Waals surface area contributed by atoms with E-state index in [1.807, 2.05) is 0 Å². The Bertz CT molecular complexity index is 1160. The Hall–Kier alpha value is -1.40. The van der Waals surface area contributed by atoms with Gasteiger partial charge in [-0.3, -0.25) is 9.59 Å². The zero-order chi connectivity index (χ0) is 53.2. The molecule has 1 heterocycles. The molecule has 6 nitrogen and oxygen atoms in total. The fraction of sp³-hybridized carbons (Fsp3) is 0.941. The largest absolute Gasteiger partial charge is 0.465 e. The predicted octanol–water partition coefficient (Wildman–Crippen LogP) is 21.5. The lowest BCUT2D eigenvalue weighted by molar-refractivity contribution is -0.155. The molecule has 1 rings (SSSR count). The van der Waals surface area contributed by atoms with Crippen molar-refractivity contribution in [2.75, 3.05) is 26.4 Å². The Morgan fingerprint density at radius 1 is 0.351 bits per heavy atom. The molecular formula is C68H130O6. The molecule has 0 bridgehead atoms. The minimum absolute atomic E-state index is 0.00518. The van der Waals surface area contributed by atoms with Crippen LogP contribution in [0.5, 0.6) is 0 Å². The predicted molar refractivity (Wildman–Crippen MR) is 320 cm³/mol. The van der Waals surface area contributed by atoms with Crippen LogP contribution in [0.3, 0.4) is 0 Å². The van der Waals surface area contributed by atoms with Gasteiger partial charge in [0, 0.05) is 0 Å². The molecule has 1 saturated heterocycles. The molecule has 0 aromatic heterocycles. The Balaban J connectivity index is 1.66. The maximum Gasteiger partial charge on any atom is 0.309 e. The number of esters is 2. The van der Waals surface area contributed by atoms with E-state index in [0.29, 0.717) is 6.42 Å². The molecule has 0 aliphatic carbocycles. The van der Waals surface area contributed by atoms with E-state index in [0.717, 1.165) is 19.3 Å².